The van der Waals surface area contributed by atoms with Crippen LogP contribution in [0.15, 0.2) is 0 Å². The van der Waals surface area contributed by atoms with Crippen molar-refractivity contribution in [3.63, 3.8) is 0 Å². The predicted octanol–water partition coefficient (Wildman–Crippen LogP) is 1.50. The molecule has 10 heteroatoms. The smallest absolute Gasteiger partial charge is 0.432 e. The van der Waals surface area contributed by atoms with E-state index in [2.05, 4.69) is 5.32 Å². The quantitative estimate of drug-likeness (QED) is 0.451. The summed E-state index contributed by atoms with van der Waals surface area (Å²) >= 11 is 17.9. The normalized spacial score (nSPS) is 23.2. The molecular formula is C8H11Cl3N2O4S. The van der Waals surface area contributed by atoms with Crippen LogP contribution in [-0.2, 0) is 9.63 Å². The zero-order valence-corrected chi connectivity index (χ0v) is 12.3. The highest BCUT2D eigenvalue weighted by Gasteiger charge is 2.47. The monoisotopic (exact) mass is 336 g/mol. The van der Waals surface area contributed by atoms with Gasteiger partial charge in [0.15, 0.2) is 6.04 Å². The Morgan fingerprint density at radius 2 is 2.22 bits per heavy atom. The number of hydroxylamine groups is 2. The average molecular weight is 338 g/mol. The number of carboxylic acid groups (broad SMARTS) is 1. The Bertz CT molecular complexity index is 339. The molecule has 18 heavy (non-hydrogen) atoms. The molecule has 0 spiro atoms. The number of β-lactam (4-membered cyclic amide) rings is 1. The largest absolute Gasteiger partial charge is 0.463 e. The number of amides is 2. The number of halogens is 3. The number of rotatable bonds is 5. The van der Waals surface area contributed by atoms with Gasteiger partial charge in [0, 0.05) is 5.75 Å². The first-order valence-electron chi connectivity index (χ1n) is 4.77. The second kappa shape index (κ2) is 6.38. The van der Waals surface area contributed by atoms with Crippen molar-refractivity contribution in [2.45, 2.75) is 15.9 Å². The summed E-state index contributed by atoms with van der Waals surface area (Å²) < 4.78 is -1.75. The molecule has 1 rings (SSSR count). The lowest BCUT2D eigenvalue weighted by Gasteiger charge is -2.41. The average Bonchev–Trinajstić information content (AvgIpc) is 2.21. The molecule has 1 heterocycles. The van der Waals surface area contributed by atoms with Gasteiger partial charge in [-0.25, -0.2) is 4.79 Å². The van der Waals surface area contributed by atoms with Gasteiger partial charge >= 0.3 is 6.09 Å². The van der Waals surface area contributed by atoms with E-state index < -0.39 is 28.4 Å². The third-order valence-electron chi connectivity index (χ3n) is 2.13. The van der Waals surface area contributed by atoms with Crippen molar-refractivity contribution in [3.05, 3.63) is 0 Å². The number of hydrogen-bond donors (Lipinski definition) is 2. The molecule has 2 atom stereocenters. The summed E-state index contributed by atoms with van der Waals surface area (Å²) in [4.78, 5) is 27.3. The molecule has 1 fully saturated rings. The van der Waals surface area contributed by atoms with Gasteiger partial charge in [0.05, 0.1) is 6.04 Å². The Morgan fingerprint density at radius 1 is 1.61 bits per heavy atom. The summed E-state index contributed by atoms with van der Waals surface area (Å²) in [6, 6.07) is -1.22. The van der Waals surface area contributed by atoms with Gasteiger partial charge in [0.25, 0.3) is 0 Å². The molecule has 0 aliphatic carbocycles. The standard InChI is InChI=1S/C8H11Cl3N2O4S/c1-18-2-4-5(6(14)12-4)13(7(15)16)17-3-8(9,10)11/h4-5H,2-3H2,1H3,(H,12,14)(H,15,16)/t4-,5+/m0/s1. The molecule has 0 aromatic heterocycles. The molecule has 0 radical (unpaired) electrons. The van der Waals surface area contributed by atoms with Crippen LogP contribution in [0, 0.1) is 0 Å². The van der Waals surface area contributed by atoms with Crippen molar-refractivity contribution >= 4 is 58.6 Å². The van der Waals surface area contributed by atoms with E-state index in [9.17, 15) is 9.59 Å². The number of hydrogen-bond acceptors (Lipinski definition) is 4. The second-order valence-corrected chi connectivity index (χ2v) is 6.94. The molecular weight excluding hydrogens is 327 g/mol. The molecule has 2 amide bonds. The fraction of sp³-hybridized carbons (Fsp3) is 0.750. The Labute approximate surface area is 123 Å². The highest BCUT2D eigenvalue weighted by molar-refractivity contribution is 7.98. The lowest BCUT2D eigenvalue weighted by Crippen LogP contribution is -2.70. The summed E-state index contributed by atoms with van der Waals surface area (Å²) in [7, 11) is 0. The highest BCUT2D eigenvalue weighted by atomic mass is 35.6. The number of nitrogens with zero attached hydrogens (tertiary/aromatic N) is 1. The first-order valence-corrected chi connectivity index (χ1v) is 7.30. The van der Waals surface area contributed by atoms with Gasteiger partial charge in [-0.15, -0.1) is 0 Å². The zero-order valence-electron chi connectivity index (χ0n) is 9.23. The van der Waals surface area contributed by atoms with Crippen LogP contribution in [0.2, 0.25) is 0 Å². The van der Waals surface area contributed by atoms with Crippen LogP contribution in [0.4, 0.5) is 4.79 Å². The summed E-state index contributed by atoms with van der Waals surface area (Å²) in [5.41, 5.74) is 0. The molecule has 0 bridgehead atoms. The Kier molecular flexibility index (Phi) is 5.67. The van der Waals surface area contributed by atoms with Gasteiger partial charge in [-0.2, -0.15) is 16.8 Å². The lowest BCUT2D eigenvalue weighted by atomic mass is 10.0. The van der Waals surface area contributed by atoms with Gasteiger partial charge in [-0.1, -0.05) is 34.8 Å². The van der Waals surface area contributed by atoms with E-state index in [-0.39, 0.29) is 6.04 Å². The topological polar surface area (TPSA) is 78.9 Å². The maximum Gasteiger partial charge on any atom is 0.432 e. The van der Waals surface area contributed by atoms with E-state index in [0.717, 1.165) is 0 Å². The molecule has 1 aliphatic heterocycles. The molecule has 2 N–H and O–H groups in total. The van der Waals surface area contributed by atoms with Crippen LogP contribution in [0.5, 0.6) is 0 Å². The van der Waals surface area contributed by atoms with E-state index in [4.69, 9.17) is 44.7 Å². The lowest BCUT2D eigenvalue weighted by molar-refractivity contribution is -0.185. The molecule has 1 saturated heterocycles. The van der Waals surface area contributed by atoms with Crippen molar-refractivity contribution < 1.29 is 19.5 Å². The van der Waals surface area contributed by atoms with Gasteiger partial charge in [-0.05, 0) is 6.26 Å². The summed E-state index contributed by atoms with van der Waals surface area (Å²) in [6.45, 7) is -0.459. The maximum atomic E-state index is 11.4. The SMILES string of the molecule is CSC[C@@H]1NC(=O)[C@@H]1N(OCC(Cl)(Cl)Cl)C(=O)O. The molecule has 0 aromatic rings. The second-order valence-electron chi connectivity index (χ2n) is 3.51. The number of carbonyl (C=O) groups is 2. The first-order chi connectivity index (χ1) is 8.26. The third kappa shape index (κ3) is 4.24. The zero-order chi connectivity index (χ0) is 13.9. The Morgan fingerprint density at radius 3 is 2.61 bits per heavy atom. The molecule has 6 nitrogen and oxygen atoms in total. The molecule has 0 saturated carbocycles. The highest BCUT2D eigenvalue weighted by Crippen LogP contribution is 2.27. The fourth-order valence-electron chi connectivity index (χ4n) is 1.41. The van der Waals surface area contributed by atoms with E-state index in [1.54, 1.807) is 0 Å². The molecule has 104 valence electrons. The predicted molar refractivity (Wildman–Crippen MR) is 70.2 cm³/mol. The summed E-state index contributed by atoms with van der Waals surface area (Å²) in [6.07, 6.45) is 0.435. The van der Waals surface area contributed by atoms with Crippen molar-refractivity contribution in [1.29, 1.82) is 0 Å². The van der Waals surface area contributed by atoms with Gasteiger partial charge in [-0.3, -0.25) is 9.63 Å². The Balaban J connectivity index is 2.66. The van der Waals surface area contributed by atoms with E-state index in [1.165, 1.54) is 11.8 Å². The van der Waals surface area contributed by atoms with E-state index in [1.807, 2.05) is 6.26 Å². The van der Waals surface area contributed by atoms with Crippen LogP contribution in [0.1, 0.15) is 0 Å². The van der Waals surface area contributed by atoms with Crippen molar-refractivity contribution in [2.24, 2.45) is 0 Å². The number of nitrogens with one attached hydrogen (secondary N) is 1. The van der Waals surface area contributed by atoms with Crippen LogP contribution < -0.4 is 5.32 Å². The van der Waals surface area contributed by atoms with Crippen LogP contribution in [0.3, 0.4) is 0 Å². The van der Waals surface area contributed by atoms with Gasteiger partial charge in [0.2, 0.25) is 9.70 Å². The van der Waals surface area contributed by atoms with Gasteiger partial charge < -0.3 is 10.4 Å². The minimum Gasteiger partial charge on any atom is -0.463 e. The number of carbonyl (C=O) groups excluding carboxylic acids is 1. The van der Waals surface area contributed by atoms with E-state index in [0.29, 0.717) is 10.8 Å². The van der Waals surface area contributed by atoms with Crippen LogP contribution in [0.25, 0.3) is 0 Å². The third-order valence-corrected chi connectivity index (χ3v) is 3.15. The minimum absolute atomic E-state index is 0.307. The molecule has 1 aliphatic rings. The van der Waals surface area contributed by atoms with Crippen molar-refractivity contribution in [3.8, 4) is 0 Å². The van der Waals surface area contributed by atoms with Gasteiger partial charge in [0.1, 0.15) is 6.61 Å². The minimum atomic E-state index is -1.75. The number of alkyl halides is 3. The van der Waals surface area contributed by atoms with Crippen LogP contribution in [-0.4, -0.2) is 56.7 Å². The van der Waals surface area contributed by atoms with Crippen LogP contribution >= 0.6 is 46.6 Å². The molecule has 0 unspecified atom stereocenters. The number of thioether (sulfide) groups is 1. The fourth-order valence-corrected chi connectivity index (χ4v) is 2.18. The summed E-state index contributed by atoms with van der Waals surface area (Å²) in [5, 5.41) is 12.1. The van der Waals surface area contributed by atoms with Crippen molar-refractivity contribution in [2.75, 3.05) is 18.6 Å². The van der Waals surface area contributed by atoms with Crippen molar-refractivity contribution in [1.82, 2.24) is 10.4 Å². The Hall–Kier alpha value is -0.0800. The maximum absolute atomic E-state index is 11.4. The van der Waals surface area contributed by atoms with E-state index >= 15 is 0 Å². The first kappa shape index (κ1) is 16.0. The molecule has 0 aromatic carbocycles. The summed E-state index contributed by atoms with van der Waals surface area (Å²) in [5.74, 6) is 0.137.